The topological polar surface area (TPSA) is 75.6 Å². The summed E-state index contributed by atoms with van der Waals surface area (Å²) in [5.74, 6) is -0.608. The number of Topliss-reactive ketones (excluding diaryl/α,β-unsaturated/α-hetero) is 1. The van der Waals surface area contributed by atoms with Gasteiger partial charge in [-0.15, -0.1) is 11.8 Å². The molecule has 0 amide bonds. The quantitative estimate of drug-likeness (QED) is 0.239. The lowest BCUT2D eigenvalue weighted by Crippen LogP contribution is -2.34. The van der Waals surface area contributed by atoms with Crippen molar-refractivity contribution in [1.29, 1.82) is 0 Å². The van der Waals surface area contributed by atoms with Gasteiger partial charge in [-0.3, -0.25) is 4.79 Å². The molecule has 5 nitrogen and oxygen atoms in total. The Morgan fingerprint density at radius 3 is 2.26 bits per heavy atom. The lowest BCUT2D eigenvalue weighted by atomic mass is 9.83. The van der Waals surface area contributed by atoms with E-state index in [2.05, 4.69) is 11.9 Å². The summed E-state index contributed by atoms with van der Waals surface area (Å²) >= 11 is 1.65. The highest BCUT2D eigenvalue weighted by Gasteiger charge is 2.35. The monoisotopic (exact) mass is 443 g/mol. The maximum absolute atomic E-state index is 13.1. The first kappa shape index (κ1) is 25.0. The number of carbonyl (C=O) groups is 2. The van der Waals surface area contributed by atoms with E-state index in [0.29, 0.717) is 24.4 Å². The lowest BCUT2D eigenvalue weighted by Gasteiger charge is -2.26. The Morgan fingerprint density at radius 1 is 1.16 bits per heavy atom. The van der Waals surface area contributed by atoms with E-state index in [1.165, 1.54) is 13.8 Å². The highest BCUT2D eigenvalue weighted by Crippen LogP contribution is 2.31. The summed E-state index contributed by atoms with van der Waals surface area (Å²) in [6.07, 6.45) is 3.92. The van der Waals surface area contributed by atoms with Gasteiger partial charge in [0.05, 0.1) is 0 Å². The number of aliphatic carboxylic acids is 1. The van der Waals surface area contributed by atoms with Crippen molar-refractivity contribution in [3.63, 3.8) is 0 Å². The van der Waals surface area contributed by atoms with Crippen LogP contribution in [-0.4, -0.2) is 41.8 Å². The van der Waals surface area contributed by atoms with Gasteiger partial charge in [0.25, 0.3) is 0 Å². The summed E-state index contributed by atoms with van der Waals surface area (Å²) in [7, 11) is 0. The van der Waals surface area contributed by atoms with E-state index >= 15 is 0 Å². The Morgan fingerprint density at radius 2 is 1.74 bits per heavy atom. The largest absolute Gasteiger partial charge is 0.478 e. The van der Waals surface area contributed by atoms with Crippen molar-refractivity contribution in [3.8, 4) is 0 Å². The maximum Gasteiger partial charge on any atom is 0.347 e. The van der Waals surface area contributed by atoms with Gasteiger partial charge in [0.2, 0.25) is 0 Å². The first-order valence-corrected chi connectivity index (χ1v) is 11.6. The van der Waals surface area contributed by atoms with E-state index in [0.717, 1.165) is 21.6 Å². The molecule has 1 saturated heterocycles. The van der Waals surface area contributed by atoms with Gasteiger partial charge in [0.1, 0.15) is 5.76 Å². The molecule has 2 N–H and O–H groups in total. The van der Waals surface area contributed by atoms with Crippen LogP contribution in [0.3, 0.4) is 0 Å². The molecule has 31 heavy (non-hydrogen) atoms. The smallest absolute Gasteiger partial charge is 0.347 e. The van der Waals surface area contributed by atoms with Crippen LogP contribution in [-0.2, 0) is 9.53 Å². The molecule has 0 spiro atoms. The minimum absolute atomic E-state index is 0.0337. The molecular weight excluding hydrogens is 410 g/mol. The number of hydrogen-bond acceptors (Lipinski definition) is 5. The molecule has 0 aliphatic carbocycles. The number of rotatable bonds is 9. The van der Waals surface area contributed by atoms with Crippen molar-refractivity contribution in [3.05, 3.63) is 65.0 Å². The second-order valence-electron chi connectivity index (χ2n) is 8.61. The molecule has 0 bridgehead atoms. The van der Waals surface area contributed by atoms with E-state index in [1.54, 1.807) is 11.8 Å². The number of nitrogens with one attached hydrogen (secondary N) is 1. The molecule has 0 saturated carbocycles. The molecule has 1 aliphatic rings. The number of ketones is 1. The standard InChI is InChI=1S/C25H33NO4S/c1-15(2)23(30-25(5,6)24(28)29)17(4)12-16(3)20-13-26-14-21(20)22(27)18-8-10-19(31-7)11-9-18/h8-12,20-21,26H,3,13-14H2,1-2,4-7H3,(H,28,29)/b17-12-/t20-,21+/m0/s1. The van der Waals surface area contributed by atoms with Crippen molar-refractivity contribution in [1.82, 2.24) is 5.32 Å². The van der Waals surface area contributed by atoms with E-state index in [9.17, 15) is 14.7 Å². The number of ether oxygens (including phenoxy) is 1. The third-order valence-electron chi connectivity index (χ3n) is 5.49. The van der Waals surface area contributed by atoms with Gasteiger partial charge in [-0.05, 0) is 69.7 Å². The Balaban J connectivity index is 2.23. The molecule has 0 radical (unpaired) electrons. The molecule has 0 unspecified atom stereocenters. The van der Waals surface area contributed by atoms with Gasteiger partial charge in [0, 0.05) is 35.4 Å². The summed E-state index contributed by atoms with van der Waals surface area (Å²) in [6.45, 7) is 14.2. The van der Waals surface area contributed by atoms with Gasteiger partial charge in [-0.2, -0.15) is 0 Å². The Labute approximate surface area is 189 Å². The highest BCUT2D eigenvalue weighted by molar-refractivity contribution is 7.98. The first-order valence-electron chi connectivity index (χ1n) is 10.3. The van der Waals surface area contributed by atoms with Crippen LogP contribution in [0.15, 0.2) is 64.3 Å². The fourth-order valence-corrected chi connectivity index (χ4v) is 4.05. The van der Waals surface area contributed by atoms with Crippen LogP contribution in [0.5, 0.6) is 0 Å². The van der Waals surface area contributed by atoms with Crippen LogP contribution in [0.2, 0.25) is 0 Å². The normalized spacial score (nSPS) is 19.1. The van der Waals surface area contributed by atoms with Gasteiger partial charge in [0.15, 0.2) is 11.4 Å². The van der Waals surface area contributed by atoms with Gasteiger partial charge >= 0.3 is 5.97 Å². The van der Waals surface area contributed by atoms with Crippen molar-refractivity contribution in [2.75, 3.05) is 19.3 Å². The second-order valence-corrected chi connectivity index (χ2v) is 9.49. The average molecular weight is 444 g/mol. The van der Waals surface area contributed by atoms with Crippen LogP contribution < -0.4 is 5.32 Å². The molecule has 2 atom stereocenters. The summed E-state index contributed by atoms with van der Waals surface area (Å²) < 4.78 is 5.84. The molecule has 1 aromatic carbocycles. The number of benzene rings is 1. The van der Waals surface area contributed by atoms with Gasteiger partial charge < -0.3 is 15.2 Å². The number of allylic oxidation sites excluding steroid dienone is 3. The zero-order valence-electron chi connectivity index (χ0n) is 19.2. The van der Waals surface area contributed by atoms with Crippen molar-refractivity contribution < 1.29 is 19.4 Å². The molecule has 1 aromatic rings. The van der Waals surface area contributed by atoms with E-state index in [1.807, 2.05) is 57.4 Å². The fourth-order valence-electron chi connectivity index (χ4n) is 3.64. The van der Waals surface area contributed by atoms with Crippen LogP contribution >= 0.6 is 11.8 Å². The van der Waals surface area contributed by atoms with Crippen molar-refractivity contribution in [2.45, 2.75) is 45.1 Å². The summed E-state index contributed by atoms with van der Waals surface area (Å²) in [5.41, 5.74) is 1.86. The lowest BCUT2D eigenvalue weighted by molar-refractivity contribution is -0.156. The van der Waals surface area contributed by atoms with Gasteiger partial charge in [-0.25, -0.2) is 4.79 Å². The Kier molecular flexibility index (Phi) is 8.32. The first-order chi connectivity index (χ1) is 14.5. The predicted molar refractivity (Wildman–Crippen MR) is 126 cm³/mol. The number of carboxylic acids is 1. The van der Waals surface area contributed by atoms with Crippen LogP contribution in [0.1, 0.15) is 45.0 Å². The van der Waals surface area contributed by atoms with Crippen LogP contribution in [0.25, 0.3) is 0 Å². The predicted octanol–water partition coefficient (Wildman–Crippen LogP) is 5.10. The number of thioether (sulfide) groups is 1. The maximum atomic E-state index is 13.1. The van der Waals surface area contributed by atoms with E-state index < -0.39 is 11.6 Å². The molecular formula is C25H33NO4S. The van der Waals surface area contributed by atoms with Crippen LogP contribution in [0.4, 0.5) is 0 Å². The third-order valence-corrected chi connectivity index (χ3v) is 6.23. The molecule has 0 aromatic heterocycles. The number of hydrogen-bond donors (Lipinski definition) is 2. The number of carboxylic acid groups (broad SMARTS) is 1. The summed E-state index contributed by atoms with van der Waals surface area (Å²) in [4.78, 5) is 25.8. The molecule has 6 heteroatoms. The van der Waals surface area contributed by atoms with E-state index in [4.69, 9.17) is 4.74 Å². The third kappa shape index (κ3) is 6.11. The SMILES string of the molecule is C=C(/C=C(/C)C(OC(C)(C)C(=O)O)=C(C)C)[C@@H]1CNC[C@H]1C(=O)c1ccc(SC)cc1. The Bertz CT molecular complexity index is 908. The zero-order chi connectivity index (χ0) is 23.3. The average Bonchev–Trinajstić information content (AvgIpc) is 3.21. The molecule has 1 fully saturated rings. The zero-order valence-corrected chi connectivity index (χ0v) is 20.1. The summed E-state index contributed by atoms with van der Waals surface area (Å²) in [6, 6.07) is 7.71. The summed E-state index contributed by atoms with van der Waals surface area (Å²) in [5, 5.41) is 12.7. The minimum Gasteiger partial charge on any atom is -0.478 e. The number of carbonyl (C=O) groups excluding carboxylic acids is 1. The minimum atomic E-state index is -1.35. The Hall–Kier alpha value is -2.31. The van der Waals surface area contributed by atoms with Crippen LogP contribution in [0, 0.1) is 11.8 Å². The highest BCUT2D eigenvalue weighted by atomic mass is 32.2. The molecule has 2 rings (SSSR count). The fraction of sp³-hybridized carbons (Fsp3) is 0.440. The van der Waals surface area contributed by atoms with Crippen molar-refractivity contribution >= 4 is 23.5 Å². The second kappa shape index (κ2) is 10.3. The van der Waals surface area contributed by atoms with Crippen molar-refractivity contribution in [2.24, 2.45) is 11.8 Å². The van der Waals surface area contributed by atoms with E-state index in [-0.39, 0.29) is 17.6 Å². The molecule has 168 valence electrons. The molecule has 1 heterocycles. The van der Waals surface area contributed by atoms with Gasteiger partial charge in [-0.1, -0.05) is 24.8 Å². The molecule has 1 aliphatic heterocycles.